The highest BCUT2D eigenvalue weighted by atomic mass is 32.1. The molecule has 3 rings (SSSR count). The van der Waals surface area contributed by atoms with Crippen LogP contribution in [-0.4, -0.2) is 28.7 Å². The summed E-state index contributed by atoms with van der Waals surface area (Å²) in [6.45, 7) is 1.42. The van der Waals surface area contributed by atoms with Crippen molar-refractivity contribution in [2.24, 2.45) is 0 Å². The third-order valence-electron chi connectivity index (χ3n) is 4.28. The average molecular weight is 415 g/mol. The lowest BCUT2D eigenvalue weighted by Gasteiger charge is -2.07. The van der Waals surface area contributed by atoms with Crippen LogP contribution in [0.3, 0.4) is 0 Å². The highest BCUT2D eigenvalue weighted by molar-refractivity contribution is 7.10. The van der Waals surface area contributed by atoms with Gasteiger partial charge in [-0.1, -0.05) is 0 Å². The van der Waals surface area contributed by atoms with Crippen LogP contribution < -0.4 is 4.74 Å². The van der Waals surface area contributed by atoms with E-state index in [4.69, 9.17) is 9.84 Å². The molecule has 10 heteroatoms. The number of alkyl halides is 3. The summed E-state index contributed by atoms with van der Waals surface area (Å²) in [5.74, 6) is -3.03. The Morgan fingerprint density at radius 3 is 2.50 bits per heavy atom. The topological polar surface area (TPSA) is 68.5 Å². The second kappa shape index (κ2) is 6.93. The van der Waals surface area contributed by atoms with Gasteiger partial charge in [0, 0.05) is 16.5 Å². The molecule has 2 aromatic heterocycles. The van der Waals surface area contributed by atoms with Gasteiger partial charge in [-0.2, -0.15) is 13.2 Å². The van der Waals surface area contributed by atoms with Gasteiger partial charge in [-0.25, -0.2) is 4.39 Å². The molecule has 0 aliphatic carbocycles. The molecule has 0 aliphatic heterocycles. The summed E-state index contributed by atoms with van der Waals surface area (Å²) in [6, 6.07) is 3.35. The minimum atomic E-state index is -4.59. The van der Waals surface area contributed by atoms with Gasteiger partial charge in [0.05, 0.1) is 24.6 Å². The zero-order valence-electron chi connectivity index (χ0n) is 14.6. The van der Waals surface area contributed by atoms with Gasteiger partial charge in [0.1, 0.15) is 4.88 Å². The molecule has 0 saturated carbocycles. The molecule has 5 nitrogen and oxygen atoms in total. The zero-order chi connectivity index (χ0) is 20.8. The Hall–Kier alpha value is -2.88. The van der Waals surface area contributed by atoms with Crippen molar-refractivity contribution < 1.29 is 37.0 Å². The van der Waals surface area contributed by atoms with Gasteiger partial charge in [0.2, 0.25) is 0 Å². The van der Waals surface area contributed by atoms with Gasteiger partial charge in [-0.15, -0.1) is 11.3 Å². The summed E-state index contributed by atoms with van der Waals surface area (Å²) >= 11 is 0.370. The van der Waals surface area contributed by atoms with E-state index in [9.17, 15) is 27.2 Å². The average Bonchev–Trinajstić information content (AvgIpc) is 3.19. The van der Waals surface area contributed by atoms with Gasteiger partial charge in [-0.05, 0) is 30.7 Å². The number of carboxylic acid groups (broad SMARTS) is 1. The Bertz CT molecular complexity index is 1100. The van der Waals surface area contributed by atoms with Crippen molar-refractivity contribution >= 4 is 34.1 Å². The van der Waals surface area contributed by atoms with Gasteiger partial charge in [-0.3, -0.25) is 14.2 Å². The number of benzene rings is 1. The largest absolute Gasteiger partial charge is 0.494 e. The third-order valence-corrected chi connectivity index (χ3v) is 5.25. The van der Waals surface area contributed by atoms with E-state index in [1.165, 1.54) is 26.2 Å². The lowest BCUT2D eigenvalue weighted by molar-refractivity contribution is -0.136. The predicted octanol–water partition coefficient (Wildman–Crippen LogP) is 4.49. The number of aromatic nitrogens is 1. The van der Waals surface area contributed by atoms with E-state index in [-0.39, 0.29) is 33.5 Å². The molecule has 0 fully saturated rings. The minimum absolute atomic E-state index is 0.0526. The second-order valence-corrected chi connectivity index (χ2v) is 6.86. The number of carboxylic acids is 1. The number of aliphatic carboxylic acids is 1. The molecule has 1 N–H and O–H groups in total. The second-order valence-electron chi connectivity index (χ2n) is 5.95. The van der Waals surface area contributed by atoms with Crippen molar-refractivity contribution in [3.05, 3.63) is 51.1 Å². The summed E-state index contributed by atoms with van der Waals surface area (Å²) < 4.78 is 59.3. The quantitative estimate of drug-likeness (QED) is 0.638. The van der Waals surface area contributed by atoms with E-state index in [0.717, 1.165) is 16.0 Å². The zero-order valence-corrected chi connectivity index (χ0v) is 15.4. The first kappa shape index (κ1) is 19.9. The van der Waals surface area contributed by atoms with Crippen molar-refractivity contribution in [2.45, 2.75) is 19.5 Å². The first-order valence-corrected chi connectivity index (χ1v) is 8.72. The molecule has 28 heavy (non-hydrogen) atoms. The molecule has 0 saturated heterocycles. The molecule has 148 valence electrons. The van der Waals surface area contributed by atoms with E-state index in [2.05, 4.69) is 0 Å². The third kappa shape index (κ3) is 3.24. The van der Waals surface area contributed by atoms with Crippen LogP contribution in [0.2, 0.25) is 0 Å². The number of nitrogens with zero attached hydrogens (tertiary/aromatic N) is 1. The van der Waals surface area contributed by atoms with Crippen LogP contribution in [0.1, 0.15) is 26.5 Å². The Balaban J connectivity index is 2.25. The molecular formula is C18H13F4NO4S. The van der Waals surface area contributed by atoms with Crippen LogP contribution in [0.5, 0.6) is 5.75 Å². The number of carbonyl (C=O) groups is 2. The lowest BCUT2D eigenvalue weighted by atomic mass is 10.1. The maximum Gasteiger partial charge on any atom is 0.425 e. The molecule has 0 spiro atoms. The maximum absolute atomic E-state index is 14.8. The summed E-state index contributed by atoms with van der Waals surface area (Å²) in [7, 11) is 1.24. The molecule has 0 amide bonds. The van der Waals surface area contributed by atoms with E-state index < -0.39 is 35.2 Å². The number of ether oxygens (including phenoxy) is 1. The molecule has 1 aromatic carbocycles. The molecule has 3 aromatic rings. The number of hydrogen-bond donors (Lipinski definition) is 1. The fourth-order valence-corrected chi connectivity index (χ4v) is 3.78. The van der Waals surface area contributed by atoms with Crippen molar-refractivity contribution in [1.29, 1.82) is 0 Å². The van der Waals surface area contributed by atoms with Gasteiger partial charge >= 0.3 is 12.1 Å². The van der Waals surface area contributed by atoms with Gasteiger partial charge in [0.15, 0.2) is 11.6 Å². The molecule has 0 aliphatic rings. The fraction of sp³-hybridized carbons (Fsp3) is 0.222. The van der Waals surface area contributed by atoms with Gasteiger partial charge < -0.3 is 9.84 Å². The SMILES string of the molecule is COc1ccc2c(c1F)c(CC(=O)O)c(C)n2C(=O)c1csc(C(F)(F)F)c1. The van der Waals surface area contributed by atoms with Crippen LogP contribution in [0.25, 0.3) is 10.9 Å². The van der Waals surface area contributed by atoms with E-state index >= 15 is 0 Å². The van der Waals surface area contributed by atoms with Crippen molar-refractivity contribution in [2.75, 3.05) is 7.11 Å². The number of rotatable bonds is 4. The molecule has 0 radical (unpaired) electrons. The summed E-state index contributed by atoms with van der Waals surface area (Å²) in [4.78, 5) is 23.2. The number of fused-ring (bicyclic) bond motifs is 1. The molecule has 0 atom stereocenters. The Kier molecular flexibility index (Phi) is 4.92. The first-order valence-electron chi connectivity index (χ1n) is 7.84. The minimum Gasteiger partial charge on any atom is -0.494 e. The van der Waals surface area contributed by atoms with Crippen LogP contribution in [0, 0.1) is 12.7 Å². The molecule has 2 heterocycles. The standard InChI is InChI=1S/C18H13F4NO4S/c1-8-10(6-14(24)25)15-11(3-4-12(27-2)16(15)19)23(8)17(26)9-5-13(28-7-9)18(20,21)22/h3-5,7H,6H2,1-2H3,(H,24,25). The Morgan fingerprint density at radius 1 is 1.29 bits per heavy atom. The maximum atomic E-state index is 14.8. The number of hydrogen-bond acceptors (Lipinski definition) is 4. The van der Waals surface area contributed by atoms with E-state index in [1.54, 1.807) is 0 Å². The summed E-state index contributed by atoms with van der Waals surface area (Å²) in [5, 5.41) is 10.1. The van der Waals surface area contributed by atoms with E-state index in [1.807, 2.05) is 0 Å². The van der Waals surface area contributed by atoms with Crippen LogP contribution in [0.15, 0.2) is 23.6 Å². The van der Waals surface area contributed by atoms with Crippen LogP contribution in [0.4, 0.5) is 17.6 Å². The van der Waals surface area contributed by atoms with Gasteiger partial charge in [0.25, 0.3) is 5.91 Å². The van der Waals surface area contributed by atoms with Crippen molar-refractivity contribution in [3.8, 4) is 5.75 Å². The number of halogens is 4. The fourth-order valence-electron chi connectivity index (χ4n) is 3.03. The predicted molar refractivity (Wildman–Crippen MR) is 93.6 cm³/mol. The molecule has 0 unspecified atom stereocenters. The molecular weight excluding hydrogens is 402 g/mol. The normalized spacial score (nSPS) is 11.8. The number of methoxy groups -OCH3 is 1. The summed E-state index contributed by atoms with van der Waals surface area (Å²) in [6.07, 6.45) is -5.16. The first-order chi connectivity index (χ1) is 13.1. The number of thiophene rings is 1. The lowest BCUT2D eigenvalue weighted by Crippen LogP contribution is -2.13. The number of carbonyl (C=O) groups excluding carboxylic acids is 1. The smallest absolute Gasteiger partial charge is 0.425 e. The van der Waals surface area contributed by atoms with Crippen molar-refractivity contribution in [1.82, 2.24) is 4.57 Å². The highest BCUT2D eigenvalue weighted by Gasteiger charge is 2.34. The van der Waals surface area contributed by atoms with E-state index in [0.29, 0.717) is 11.3 Å². The van der Waals surface area contributed by atoms with Crippen LogP contribution in [-0.2, 0) is 17.4 Å². The summed E-state index contributed by atoms with van der Waals surface area (Å²) in [5.41, 5.74) is 0.0140. The Morgan fingerprint density at radius 2 is 1.96 bits per heavy atom. The highest BCUT2D eigenvalue weighted by Crippen LogP contribution is 2.36. The van der Waals surface area contributed by atoms with Crippen molar-refractivity contribution in [3.63, 3.8) is 0 Å². The van der Waals surface area contributed by atoms with Crippen LogP contribution >= 0.6 is 11.3 Å². The Labute approximate surface area is 159 Å². The molecule has 0 bridgehead atoms. The monoisotopic (exact) mass is 415 g/mol.